The number of amides is 2. The van der Waals surface area contributed by atoms with Crippen LogP contribution < -0.4 is 21.3 Å². The first-order chi connectivity index (χ1) is 13.8. The topological polar surface area (TPSA) is 91.0 Å². The second-order valence-corrected chi connectivity index (χ2v) is 7.36. The van der Waals surface area contributed by atoms with Gasteiger partial charge in [0.05, 0.1) is 0 Å². The largest absolute Gasteiger partial charge is 0.370 e. The Morgan fingerprint density at radius 1 is 0.821 bits per heavy atom. The lowest BCUT2D eigenvalue weighted by atomic mass is 10.1. The van der Waals surface area contributed by atoms with Crippen LogP contribution in [-0.4, -0.2) is 42.2 Å². The second-order valence-electron chi connectivity index (χ2n) is 7.36. The van der Waals surface area contributed by atoms with Crippen molar-refractivity contribution in [2.45, 2.75) is 38.5 Å². The van der Waals surface area contributed by atoms with Crippen LogP contribution in [0.2, 0.25) is 0 Å². The number of hydrogen-bond acceptors (Lipinski definition) is 5. The minimum Gasteiger partial charge on any atom is -0.370 e. The van der Waals surface area contributed by atoms with Gasteiger partial charge in [-0.15, -0.1) is 0 Å². The van der Waals surface area contributed by atoms with E-state index in [-0.39, 0.29) is 6.03 Å². The molecule has 4 heterocycles. The van der Waals surface area contributed by atoms with Crippen LogP contribution in [-0.2, 0) is 25.7 Å². The first kappa shape index (κ1) is 18.5. The van der Waals surface area contributed by atoms with Crippen molar-refractivity contribution in [3.63, 3.8) is 0 Å². The number of carbonyl (C=O) groups is 1. The van der Waals surface area contributed by atoms with Crippen LogP contribution in [0.5, 0.6) is 0 Å². The van der Waals surface area contributed by atoms with E-state index in [1.54, 1.807) is 0 Å². The number of rotatable bonds is 6. The summed E-state index contributed by atoms with van der Waals surface area (Å²) < 4.78 is 0. The fourth-order valence-electron chi connectivity index (χ4n) is 3.69. The van der Waals surface area contributed by atoms with Crippen LogP contribution in [0.4, 0.5) is 16.4 Å². The lowest BCUT2D eigenvalue weighted by Gasteiger charge is -2.17. The minimum atomic E-state index is -0.146. The smallest absolute Gasteiger partial charge is 0.314 e. The zero-order valence-corrected chi connectivity index (χ0v) is 16.2. The molecule has 148 valence electrons. The van der Waals surface area contributed by atoms with Crippen molar-refractivity contribution in [3.8, 4) is 0 Å². The molecule has 0 saturated carbocycles. The average Bonchev–Trinajstić information content (AvgIpc) is 2.73. The molecule has 2 aliphatic heterocycles. The van der Waals surface area contributed by atoms with Crippen LogP contribution in [0.1, 0.15) is 35.4 Å². The number of nitrogens with zero attached hydrogens (tertiary/aromatic N) is 2. The molecule has 7 heteroatoms. The van der Waals surface area contributed by atoms with E-state index in [1.807, 2.05) is 0 Å². The highest BCUT2D eigenvalue weighted by Crippen LogP contribution is 2.20. The van der Waals surface area contributed by atoms with E-state index in [0.29, 0.717) is 13.1 Å². The zero-order valence-electron chi connectivity index (χ0n) is 16.2. The molecule has 0 atom stereocenters. The summed E-state index contributed by atoms with van der Waals surface area (Å²) in [6, 6.07) is 8.25. The molecule has 4 N–H and O–H groups in total. The number of hydrogen-bond donors (Lipinski definition) is 4. The van der Waals surface area contributed by atoms with Gasteiger partial charge in [-0.1, -0.05) is 12.1 Å². The maximum Gasteiger partial charge on any atom is 0.314 e. The van der Waals surface area contributed by atoms with E-state index in [0.717, 1.165) is 74.6 Å². The van der Waals surface area contributed by atoms with Crippen molar-refractivity contribution in [3.05, 3.63) is 46.8 Å². The number of nitrogens with one attached hydrogen (secondary N) is 4. The molecule has 0 aliphatic carbocycles. The summed E-state index contributed by atoms with van der Waals surface area (Å²) in [7, 11) is 0. The molecular formula is C21H28N6O. The first-order valence-electron chi connectivity index (χ1n) is 10.2. The van der Waals surface area contributed by atoms with Crippen LogP contribution in [0, 0.1) is 0 Å². The number of pyridine rings is 2. The molecule has 0 saturated heterocycles. The fraction of sp³-hybridized carbons (Fsp3) is 0.476. The van der Waals surface area contributed by atoms with Gasteiger partial charge in [0.1, 0.15) is 11.6 Å². The molecule has 0 bridgehead atoms. The SMILES string of the molecule is O=C(NCCc1ccc2c(n1)NCCC2)NCCc1ccc2c(n1)NCCC2. The van der Waals surface area contributed by atoms with Crippen molar-refractivity contribution in [1.29, 1.82) is 0 Å². The Morgan fingerprint density at radius 2 is 1.32 bits per heavy atom. The minimum absolute atomic E-state index is 0.146. The normalized spacial score (nSPS) is 14.9. The molecule has 2 aromatic rings. The Labute approximate surface area is 165 Å². The molecule has 2 aliphatic rings. The standard InChI is InChI=1S/C21H28N6O/c28-21(24-13-9-17-7-5-15-3-1-11-22-19(15)26-17)25-14-10-18-8-6-16-4-2-12-23-20(16)27-18/h5-8H,1-4,9-14H2,(H,22,26)(H,23,27)(H2,24,25,28). The van der Waals surface area contributed by atoms with Gasteiger partial charge >= 0.3 is 6.03 Å². The van der Waals surface area contributed by atoms with E-state index in [9.17, 15) is 4.79 Å². The van der Waals surface area contributed by atoms with E-state index in [2.05, 4.69) is 55.5 Å². The maximum absolute atomic E-state index is 12.0. The Kier molecular flexibility index (Phi) is 5.89. The monoisotopic (exact) mass is 380 g/mol. The van der Waals surface area contributed by atoms with E-state index in [1.165, 1.54) is 11.1 Å². The molecule has 2 amide bonds. The summed E-state index contributed by atoms with van der Waals surface area (Å²) in [5.74, 6) is 2.00. The number of fused-ring (bicyclic) bond motifs is 2. The van der Waals surface area contributed by atoms with Crippen LogP contribution in [0.15, 0.2) is 24.3 Å². The summed E-state index contributed by atoms with van der Waals surface area (Å²) >= 11 is 0. The summed E-state index contributed by atoms with van der Waals surface area (Å²) in [5, 5.41) is 12.5. The van der Waals surface area contributed by atoms with Gasteiger partial charge in [-0.05, 0) is 48.9 Å². The Hall–Kier alpha value is -2.83. The van der Waals surface area contributed by atoms with Crippen molar-refractivity contribution >= 4 is 17.7 Å². The third kappa shape index (κ3) is 4.71. The summed E-state index contributed by atoms with van der Waals surface area (Å²) in [5.41, 5.74) is 4.57. The van der Waals surface area contributed by atoms with Gasteiger partial charge in [0.25, 0.3) is 0 Å². The van der Waals surface area contributed by atoms with Crippen LogP contribution in [0.3, 0.4) is 0 Å². The second kappa shape index (κ2) is 8.91. The van der Waals surface area contributed by atoms with Gasteiger partial charge in [-0.25, -0.2) is 14.8 Å². The maximum atomic E-state index is 12.0. The predicted octanol–water partition coefficient (Wildman–Crippen LogP) is 2.28. The third-order valence-electron chi connectivity index (χ3n) is 5.24. The van der Waals surface area contributed by atoms with Gasteiger partial charge in [-0.3, -0.25) is 0 Å². The highest BCUT2D eigenvalue weighted by molar-refractivity contribution is 5.73. The molecule has 0 unspecified atom stereocenters. The number of urea groups is 1. The Morgan fingerprint density at radius 3 is 1.82 bits per heavy atom. The van der Waals surface area contributed by atoms with Gasteiger partial charge in [0.2, 0.25) is 0 Å². The van der Waals surface area contributed by atoms with Gasteiger partial charge in [-0.2, -0.15) is 0 Å². The van der Waals surface area contributed by atoms with Crippen molar-refractivity contribution in [2.24, 2.45) is 0 Å². The van der Waals surface area contributed by atoms with Gasteiger partial charge in [0.15, 0.2) is 0 Å². The molecule has 2 aromatic heterocycles. The van der Waals surface area contributed by atoms with Gasteiger partial charge < -0.3 is 21.3 Å². The quantitative estimate of drug-likeness (QED) is 0.617. The molecule has 0 fully saturated rings. The molecule has 0 radical (unpaired) electrons. The summed E-state index contributed by atoms with van der Waals surface area (Å²) in [6.45, 7) is 3.11. The number of anilines is 2. The van der Waals surface area contributed by atoms with E-state index >= 15 is 0 Å². The number of carbonyl (C=O) groups excluding carboxylic acids is 1. The average molecular weight is 380 g/mol. The molecule has 0 spiro atoms. The molecular weight excluding hydrogens is 352 g/mol. The summed E-state index contributed by atoms with van der Waals surface area (Å²) in [6.07, 6.45) is 5.94. The van der Waals surface area contributed by atoms with Crippen molar-refractivity contribution in [1.82, 2.24) is 20.6 Å². The zero-order chi connectivity index (χ0) is 19.2. The number of aryl methyl sites for hydroxylation is 2. The van der Waals surface area contributed by atoms with Crippen molar-refractivity contribution < 1.29 is 4.79 Å². The lowest BCUT2D eigenvalue weighted by molar-refractivity contribution is 0.241. The van der Waals surface area contributed by atoms with Gasteiger partial charge in [0, 0.05) is 50.4 Å². The van der Waals surface area contributed by atoms with Crippen molar-refractivity contribution in [2.75, 3.05) is 36.8 Å². The van der Waals surface area contributed by atoms with E-state index in [4.69, 9.17) is 0 Å². The predicted molar refractivity (Wildman–Crippen MR) is 111 cm³/mol. The highest BCUT2D eigenvalue weighted by atomic mass is 16.2. The van der Waals surface area contributed by atoms with E-state index < -0.39 is 0 Å². The highest BCUT2D eigenvalue weighted by Gasteiger charge is 2.11. The Balaban J connectivity index is 1.17. The molecule has 28 heavy (non-hydrogen) atoms. The third-order valence-corrected chi connectivity index (χ3v) is 5.24. The number of aromatic nitrogens is 2. The van der Waals surface area contributed by atoms with Crippen LogP contribution >= 0.6 is 0 Å². The fourth-order valence-corrected chi connectivity index (χ4v) is 3.69. The molecule has 0 aromatic carbocycles. The molecule has 4 rings (SSSR count). The lowest BCUT2D eigenvalue weighted by Crippen LogP contribution is -2.37. The first-order valence-corrected chi connectivity index (χ1v) is 10.2. The summed E-state index contributed by atoms with van der Waals surface area (Å²) in [4.78, 5) is 21.3. The molecule has 7 nitrogen and oxygen atoms in total. The Bertz CT molecular complexity index is 770. The van der Waals surface area contributed by atoms with Crippen LogP contribution in [0.25, 0.3) is 0 Å².